The second-order valence-electron chi connectivity index (χ2n) is 4.51. The highest BCUT2D eigenvalue weighted by Crippen LogP contribution is 2.09. The first-order valence-electron chi connectivity index (χ1n) is 6.34. The zero-order valence-corrected chi connectivity index (χ0v) is 11.3. The van der Waals surface area contributed by atoms with Gasteiger partial charge in [0.2, 0.25) is 5.43 Å². The topological polar surface area (TPSA) is 76.9 Å². The number of pyridine rings is 1. The summed E-state index contributed by atoms with van der Waals surface area (Å²) in [5.74, 6) is -0.535. The Balaban J connectivity index is 2.07. The predicted octanol–water partition coefficient (Wildman–Crippen LogP) is 1.58. The van der Waals surface area contributed by atoms with Crippen molar-refractivity contribution in [3.05, 3.63) is 64.7 Å². The predicted molar refractivity (Wildman–Crippen MR) is 79.2 cm³/mol. The summed E-state index contributed by atoms with van der Waals surface area (Å²) < 4.78 is 1.53. The summed E-state index contributed by atoms with van der Waals surface area (Å²) in [6.07, 6.45) is 3.11. The molecule has 104 valence electrons. The van der Waals surface area contributed by atoms with Crippen LogP contribution in [0.15, 0.2) is 53.6 Å². The number of para-hydroxylation sites is 1. The fraction of sp³-hybridized carbons (Fsp3) is 0.0667. The zero-order chi connectivity index (χ0) is 14.8. The van der Waals surface area contributed by atoms with Crippen LogP contribution < -0.4 is 10.7 Å². The van der Waals surface area contributed by atoms with Crippen molar-refractivity contribution in [1.29, 1.82) is 0 Å². The molecule has 0 saturated heterocycles. The minimum Gasteiger partial charge on any atom is -0.320 e. The van der Waals surface area contributed by atoms with Crippen LogP contribution in [-0.2, 0) is 7.05 Å². The molecule has 3 aromatic rings. The minimum atomic E-state index is -0.535. The van der Waals surface area contributed by atoms with Crippen LogP contribution in [0.4, 0.5) is 5.69 Å². The summed E-state index contributed by atoms with van der Waals surface area (Å²) in [6, 6.07) is 10.3. The number of benzene rings is 1. The Morgan fingerprint density at radius 1 is 1.14 bits per heavy atom. The van der Waals surface area contributed by atoms with Crippen molar-refractivity contribution >= 4 is 22.5 Å². The molecule has 1 N–H and O–H groups in total. The Kier molecular flexibility index (Phi) is 3.19. The number of nitrogens with zero attached hydrogens (tertiary/aromatic N) is 3. The van der Waals surface area contributed by atoms with Crippen LogP contribution in [0.25, 0.3) is 10.9 Å². The third-order valence-corrected chi connectivity index (χ3v) is 3.12. The van der Waals surface area contributed by atoms with Crippen LogP contribution in [0, 0.1) is 0 Å². The molecule has 0 atom stereocenters. The standard InChI is InChI=1S/C15H12N4O2/c1-19-12-5-3-2-4-11(12)14(20)13(18-19)15(21)17-10-6-8-16-9-7-10/h2-9H,1H3,(H,16,17,21). The van der Waals surface area contributed by atoms with Gasteiger partial charge in [-0.25, -0.2) is 0 Å². The van der Waals surface area contributed by atoms with Crippen LogP contribution in [0.3, 0.4) is 0 Å². The molecular weight excluding hydrogens is 268 g/mol. The van der Waals surface area contributed by atoms with E-state index in [1.165, 1.54) is 4.68 Å². The van der Waals surface area contributed by atoms with Gasteiger partial charge < -0.3 is 5.32 Å². The summed E-state index contributed by atoms with van der Waals surface area (Å²) in [4.78, 5) is 28.5. The molecule has 1 aromatic carbocycles. The maximum Gasteiger partial charge on any atom is 0.280 e. The molecule has 0 aliphatic heterocycles. The van der Waals surface area contributed by atoms with Crippen molar-refractivity contribution in [3.8, 4) is 0 Å². The smallest absolute Gasteiger partial charge is 0.280 e. The van der Waals surface area contributed by atoms with E-state index >= 15 is 0 Å². The lowest BCUT2D eigenvalue weighted by atomic mass is 10.2. The molecule has 0 spiro atoms. The van der Waals surface area contributed by atoms with Gasteiger partial charge in [0.15, 0.2) is 5.69 Å². The molecule has 0 bridgehead atoms. The molecule has 6 heteroatoms. The Hall–Kier alpha value is -3.02. The van der Waals surface area contributed by atoms with Crippen molar-refractivity contribution in [3.63, 3.8) is 0 Å². The van der Waals surface area contributed by atoms with Crippen molar-refractivity contribution < 1.29 is 4.79 Å². The Morgan fingerprint density at radius 2 is 1.86 bits per heavy atom. The lowest BCUT2D eigenvalue weighted by Gasteiger charge is -2.08. The third-order valence-electron chi connectivity index (χ3n) is 3.12. The second-order valence-corrected chi connectivity index (χ2v) is 4.51. The summed E-state index contributed by atoms with van der Waals surface area (Å²) in [6.45, 7) is 0. The molecule has 1 amide bonds. The van der Waals surface area contributed by atoms with Gasteiger partial charge in [-0.3, -0.25) is 19.3 Å². The number of nitrogens with one attached hydrogen (secondary N) is 1. The Bertz CT molecular complexity index is 872. The molecule has 0 radical (unpaired) electrons. The average molecular weight is 280 g/mol. The van der Waals surface area contributed by atoms with Crippen LogP contribution in [0.5, 0.6) is 0 Å². The fourth-order valence-electron chi connectivity index (χ4n) is 2.10. The highest BCUT2D eigenvalue weighted by molar-refractivity contribution is 6.04. The van der Waals surface area contributed by atoms with Gasteiger partial charge in [-0.05, 0) is 24.3 Å². The summed E-state index contributed by atoms with van der Waals surface area (Å²) in [7, 11) is 1.70. The minimum absolute atomic E-state index is 0.131. The Morgan fingerprint density at radius 3 is 2.62 bits per heavy atom. The van der Waals surface area contributed by atoms with E-state index in [-0.39, 0.29) is 11.1 Å². The van der Waals surface area contributed by atoms with Gasteiger partial charge in [0, 0.05) is 30.5 Å². The van der Waals surface area contributed by atoms with Crippen LogP contribution in [-0.4, -0.2) is 20.7 Å². The summed E-state index contributed by atoms with van der Waals surface area (Å²) in [5.41, 5.74) is 0.734. The van der Waals surface area contributed by atoms with Crippen LogP contribution in [0.2, 0.25) is 0 Å². The molecule has 6 nitrogen and oxygen atoms in total. The van der Waals surface area contributed by atoms with Gasteiger partial charge in [-0.1, -0.05) is 12.1 Å². The number of hydrogen-bond acceptors (Lipinski definition) is 4. The van der Waals surface area contributed by atoms with Gasteiger partial charge in [-0.15, -0.1) is 0 Å². The van der Waals surface area contributed by atoms with Gasteiger partial charge in [0.05, 0.1) is 5.52 Å². The largest absolute Gasteiger partial charge is 0.320 e. The van der Waals surface area contributed by atoms with Crippen molar-refractivity contribution in [2.75, 3.05) is 5.32 Å². The SMILES string of the molecule is Cn1nc(C(=O)Nc2ccncc2)c(=O)c2ccccc21. The first-order valence-corrected chi connectivity index (χ1v) is 6.34. The number of rotatable bonds is 2. The molecule has 3 rings (SSSR count). The highest BCUT2D eigenvalue weighted by Gasteiger charge is 2.16. The second kappa shape index (κ2) is 5.16. The van der Waals surface area contributed by atoms with E-state index in [1.54, 1.807) is 49.8 Å². The molecule has 2 aromatic heterocycles. The highest BCUT2D eigenvalue weighted by atomic mass is 16.2. The number of carbonyl (C=O) groups excluding carboxylic acids is 1. The lowest BCUT2D eigenvalue weighted by Crippen LogP contribution is -2.26. The molecule has 21 heavy (non-hydrogen) atoms. The molecule has 2 heterocycles. The van der Waals surface area contributed by atoms with Gasteiger partial charge in [0.1, 0.15) is 0 Å². The van der Waals surface area contributed by atoms with E-state index in [0.29, 0.717) is 16.6 Å². The number of hydrogen-bond donors (Lipinski definition) is 1. The first-order chi connectivity index (χ1) is 10.2. The molecule has 0 unspecified atom stereocenters. The zero-order valence-electron chi connectivity index (χ0n) is 11.3. The van der Waals surface area contributed by atoms with Gasteiger partial charge in [-0.2, -0.15) is 5.10 Å². The van der Waals surface area contributed by atoms with E-state index in [4.69, 9.17) is 0 Å². The molecule has 0 aliphatic rings. The van der Waals surface area contributed by atoms with Crippen LogP contribution in [0.1, 0.15) is 10.5 Å². The average Bonchev–Trinajstić information content (AvgIpc) is 2.52. The van der Waals surface area contributed by atoms with E-state index in [2.05, 4.69) is 15.4 Å². The number of aryl methyl sites for hydroxylation is 1. The molecular formula is C15H12N4O2. The first kappa shape index (κ1) is 13.0. The fourth-order valence-corrected chi connectivity index (χ4v) is 2.10. The molecule has 0 aliphatic carbocycles. The maximum absolute atomic E-state index is 12.4. The number of carbonyl (C=O) groups is 1. The summed E-state index contributed by atoms with van der Waals surface area (Å²) >= 11 is 0. The number of amides is 1. The van der Waals surface area contributed by atoms with Crippen molar-refractivity contribution in [2.45, 2.75) is 0 Å². The van der Waals surface area contributed by atoms with E-state index < -0.39 is 5.91 Å². The number of anilines is 1. The Labute approximate surface area is 120 Å². The van der Waals surface area contributed by atoms with Gasteiger partial charge >= 0.3 is 0 Å². The maximum atomic E-state index is 12.4. The monoisotopic (exact) mass is 280 g/mol. The van der Waals surface area contributed by atoms with Crippen LogP contribution >= 0.6 is 0 Å². The molecule has 0 fully saturated rings. The lowest BCUT2D eigenvalue weighted by molar-refractivity contribution is 0.101. The van der Waals surface area contributed by atoms with Crippen molar-refractivity contribution in [2.24, 2.45) is 7.05 Å². The van der Waals surface area contributed by atoms with E-state index in [1.807, 2.05) is 6.07 Å². The number of aromatic nitrogens is 3. The third kappa shape index (κ3) is 2.38. The summed E-state index contributed by atoms with van der Waals surface area (Å²) in [5, 5.41) is 7.18. The van der Waals surface area contributed by atoms with E-state index in [0.717, 1.165) is 0 Å². The quantitative estimate of drug-likeness (QED) is 0.773. The van der Waals surface area contributed by atoms with E-state index in [9.17, 15) is 9.59 Å². The van der Waals surface area contributed by atoms with Crippen molar-refractivity contribution in [1.82, 2.24) is 14.8 Å². The number of fused-ring (bicyclic) bond motifs is 1. The van der Waals surface area contributed by atoms with Gasteiger partial charge in [0.25, 0.3) is 5.91 Å². The normalized spacial score (nSPS) is 10.5. The molecule has 0 saturated carbocycles.